The molecule has 0 aliphatic carbocycles. The van der Waals surface area contributed by atoms with Crippen molar-refractivity contribution in [3.63, 3.8) is 0 Å². The van der Waals surface area contributed by atoms with Gasteiger partial charge >= 0.3 is 0 Å². The Kier molecular flexibility index (Phi) is 6.69. The summed E-state index contributed by atoms with van der Waals surface area (Å²) >= 11 is 1.38. The molecule has 1 aromatic carbocycles. The first-order valence-corrected chi connectivity index (χ1v) is 10.7. The fourth-order valence-electron chi connectivity index (χ4n) is 3.19. The molecule has 29 heavy (non-hydrogen) atoms. The Labute approximate surface area is 176 Å². The smallest absolute Gasteiger partial charge is 0.234 e. The SMILES string of the molecule is CC(C)c1cccc(C(C)C)c1NC(=O)CSc1nnc(-c2cccnc2)n1C. The lowest BCUT2D eigenvalue weighted by Gasteiger charge is -2.20. The molecule has 3 aromatic rings. The molecule has 0 aliphatic rings. The fraction of sp³-hybridized carbons (Fsp3) is 0.364. The van der Waals surface area contributed by atoms with Gasteiger partial charge in [-0.3, -0.25) is 9.78 Å². The monoisotopic (exact) mass is 409 g/mol. The minimum atomic E-state index is -0.0454. The highest BCUT2D eigenvalue weighted by Crippen LogP contribution is 2.32. The van der Waals surface area contributed by atoms with Crippen LogP contribution in [0.3, 0.4) is 0 Å². The van der Waals surface area contributed by atoms with Crippen LogP contribution >= 0.6 is 11.8 Å². The molecular formula is C22H27N5OS. The zero-order chi connectivity index (χ0) is 21.0. The number of para-hydroxylation sites is 1. The van der Waals surface area contributed by atoms with Crippen molar-refractivity contribution in [2.45, 2.75) is 44.7 Å². The highest BCUT2D eigenvalue weighted by Gasteiger charge is 2.17. The van der Waals surface area contributed by atoms with Crippen LogP contribution in [0.1, 0.15) is 50.7 Å². The van der Waals surface area contributed by atoms with Crippen LogP contribution in [0, 0.1) is 0 Å². The molecule has 0 radical (unpaired) electrons. The Morgan fingerprint density at radius 2 is 1.76 bits per heavy atom. The van der Waals surface area contributed by atoms with Gasteiger partial charge in [0.05, 0.1) is 5.75 Å². The van der Waals surface area contributed by atoms with Crippen molar-refractivity contribution in [3.05, 3.63) is 53.9 Å². The van der Waals surface area contributed by atoms with Gasteiger partial charge in [-0.25, -0.2) is 0 Å². The topological polar surface area (TPSA) is 72.7 Å². The second-order valence-electron chi connectivity index (χ2n) is 7.56. The molecule has 6 nitrogen and oxygen atoms in total. The van der Waals surface area contributed by atoms with Crippen LogP contribution in [0.25, 0.3) is 11.4 Å². The second-order valence-corrected chi connectivity index (χ2v) is 8.51. The van der Waals surface area contributed by atoms with Gasteiger partial charge in [0, 0.05) is 30.7 Å². The maximum absolute atomic E-state index is 12.7. The predicted octanol–water partition coefficient (Wildman–Crippen LogP) is 4.85. The minimum Gasteiger partial charge on any atom is -0.325 e. The largest absolute Gasteiger partial charge is 0.325 e. The van der Waals surface area contributed by atoms with E-state index in [4.69, 9.17) is 0 Å². The molecular weight excluding hydrogens is 382 g/mol. The first-order chi connectivity index (χ1) is 13.9. The summed E-state index contributed by atoms with van der Waals surface area (Å²) in [5.74, 6) is 1.61. The lowest BCUT2D eigenvalue weighted by molar-refractivity contribution is -0.113. The number of hydrogen-bond acceptors (Lipinski definition) is 5. The summed E-state index contributed by atoms with van der Waals surface area (Å²) in [6.07, 6.45) is 3.47. The second kappa shape index (κ2) is 9.22. The molecule has 2 heterocycles. The maximum Gasteiger partial charge on any atom is 0.234 e. The molecule has 7 heteroatoms. The van der Waals surface area contributed by atoms with Gasteiger partial charge in [-0.1, -0.05) is 57.7 Å². The number of amides is 1. The lowest BCUT2D eigenvalue weighted by Crippen LogP contribution is -2.18. The first kappa shape index (κ1) is 21.0. The predicted molar refractivity (Wildman–Crippen MR) is 118 cm³/mol. The van der Waals surface area contributed by atoms with Crippen LogP contribution in [0.4, 0.5) is 5.69 Å². The van der Waals surface area contributed by atoms with Gasteiger partial charge in [0.2, 0.25) is 5.91 Å². The van der Waals surface area contributed by atoms with E-state index in [0.29, 0.717) is 17.0 Å². The van der Waals surface area contributed by atoms with Gasteiger partial charge in [-0.05, 0) is 35.1 Å². The number of carbonyl (C=O) groups is 1. The molecule has 1 amide bonds. The van der Waals surface area contributed by atoms with Crippen LogP contribution in [-0.2, 0) is 11.8 Å². The summed E-state index contributed by atoms with van der Waals surface area (Å²) in [5, 5.41) is 12.3. The van der Waals surface area contributed by atoms with Crippen molar-refractivity contribution in [2.24, 2.45) is 7.05 Å². The van der Waals surface area contributed by atoms with E-state index in [2.05, 4.69) is 66.4 Å². The third-order valence-electron chi connectivity index (χ3n) is 4.72. The number of carbonyl (C=O) groups excluding carboxylic acids is 1. The molecule has 0 unspecified atom stereocenters. The zero-order valence-electron chi connectivity index (χ0n) is 17.5. The molecule has 0 atom stereocenters. The van der Waals surface area contributed by atoms with Crippen LogP contribution in [0.15, 0.2) is 47.9 Å². The van der Waals surface area contributed by atoms with Gasteiger partial charge in [-0.2, -0.15) is 0 Å². The molecule has 3 rings (SSSR count). The quantitative estimate of drug-likeness (QED) is 0.565. The number of nitrogens with one attached hydrogen (secondary N) is 1. The Hall–Kier alpha value is -2.67. The first-order valence-electron chi connectivity index (χ1n) is 9.73. The van der Waals surface area contributed by atoms with E-state index in [-0.39, 0.29) is 11.7 Å². The molecule has 152 valence electrons. The molecule has 0 spiro atoms. The Bertz CT molecular complexity index is 956. The van der Waals surface area contributed by atoms with Gasteiger partial charge in [0.25, 0.3) is 0 Å². The van der Waals surface area contributed by atoms with Crippen molar-refractivity contribution >= 4 is 23.4 Å². The third-order valence-corrected chi connectivity index (χ3v) is 5.74. The van der Waals surface area contributed by atoms with E-state index in [1.165, 1.54) is 11.8 Å². The van der Waals surface area contributed by atoms with E-state index in [1.54, 1.807) is 12.4 Å². The molecule has 2 aromatic heterocycles. The number of benzene rings is 1. The fourth-order valence-corrected chi connectivity index (χ4v) is 3.90. The molecule has 0 aliphatic heterocycles. The molecule has 0 bridgehead atoms. The normalized spacial score (nSPS) is 11.3. The van der Waals surface area contributed by atoms with Crippen molar-refractivity contribution < 1.29 is 4.79 Å². The van der Waals surface area contributed by atoms with Crippen LogP contribution < -0.4 is 5.32 Å². The van der Waals surface area contributed by atoms with Crippen LogP contribution in [-0.4, -0.2) is 31.4 Å². The Morgan fingerprint density at radius 3 is 2.34 bits per heavy atom. The van der Waals surface area contributed by atoms with Crippen molar-refractivity contribution in [1.29, 1.82) is 0 Å². The molecule has 0 saturated carbocycles. The summed E-state index contributed by atoms with van der Waals surface area (Å²) < 4.78 is 1.89. The van der Waals surface area contributed by atoms with Gasteiger partial charge < -0.3 is 9.88 Å². The van der Waals surface area contributed by atoms with E-state index >= 15 is 0 Å². The highest BCUT2D eigenvalue weighted by atomic mass is 32.2. The number of pyridine rings is 1. The van der Waals surface area contributed by atoms with Crippen molar-refractivity contribution in [1.82, 2.24) is 19.7 Å². The van der Waals surface area contributed by atoms with E-state index in [1.807, 2.05) is 23.7 Å². The van der Waals surface area contributed by atoms with E-state index in [9.17, 15) is 4.79 Å². The maximum atomic E-state index is 12.7. The summed E-state index contributed by atoms with van der Waals surface area (Å²) in [6, 6.07) is 10.0. The molecule has 1 N–H and O–H groups in total. The van der Waals surface area contributed by atoms with Crippen molar-refractivity contribution in [3.8, 4) is 11.4 Å². The minimum absolute atomic E-state index is 0.0454. The Balaban J connectivity index is 1.73. The molecule has 0 saturated heterocycles. The summed E-state index contributed by atoms with van der Waals surface area (Å²) in [4.78, 5) is 16.8. The lowest BCUT2D eigenvalue weighted by atomic mass is 9.92. The third kappa shape index (κ3) is 4.85. The average molecular weight is 410 g/mol. The molecule has 0 fully saturated rings. The number of thioether (sulfide) groups is 1. The number of aromatic nitrogens is 4. The highest BCUT2D eigenvalue weighted by molar-refractivity contribution is 7.99. The van der Waals surface area contributed by atoms with Gasteiger partial charge in [-0.15, -0.1) is 10.2 Å². The van der Waals surface area contributed by atoms with E-state index < -0.39 is 0 Å². The van der Waals surface area contributed by atoms with Crippen LogP contribution in [0.5, 0.6) is 0 Å². The summed E-state index contributed by atoms with van der Waals surface area (Å²) in [6.45, 7) is 8.57. The van der Waals surface area contributed by atoms with Gasteiger partial charge in [0.15, 0.2) is 11.0 Å². The standard InChI is InChI=1S/C22H27N5OS/c1-14(2)17-9-6-10-18(15(3)4)20(17)24-19(28)13-29-22-26-25-21(27(22)5)16-8-7-11-23-12-16/h6-12,14-15H,13H2,1-5H3,(H,24,28). The summed E-state index contributed by atoms with van der Waals surface area (Å²) in [7, 11) is 1.90. The van der Waals surface area contributed by atoms with E-state index in [0.717, 1.165) is 28.2 Å². The Morgan fingerprint density at radius 1 is 1.07 bits per heavy atom. The zero-order valence-corrected chi connectivity index (χ0v) is 18.3. The van der Waals surface area contributed by atoms with Gasteiger partial charge in [0.1, 0.15) is 0 Å². The van der Waals surface area contributed by atoms with Crippen LogP contribution in [0.2, 0.25) is 0 Å². The number of rotatable bonds is 7. The number of nitrogens with zero attached hydrogens (tertiary/aromatic N) is 4. The number of anilines is 1. The number of hydrogen-bond donors (Lipinski definition) is 1. The van der Waals surface area contributed by atoms with Crippen molar-refractivity contribution in [2.75, 3.05) is 11.1 Å². The average Bonchev–Trinajstić information content (AvgIpc) is 3.07. The summed E-state index contributed by atoms with van der Waals surface area (Å²) in [5.41, 5.74) is 4.16.